The fourth-order valence-electron chi connectivity index (χ4n) is 2.99. The van der Waals surface area contributed by atoms with Crippen molar-refractivity contribution in [3.8, 4) is 23.0 Å². The van der Waals surface area contributed by atoms with Gasteiger partial charge in [-0.3, -0.25) is 20.4 Å². The zero-order valence-electron chi connectivity index (χ0n) is 18.3. The Labute approximate surface area is 190 Å². The zero-order chi connectivity index (χ0) is 23.8. The summed E-state index contributed by atoms with van der Waals surface area (Å²) in [4.78, 5) is 25.3. The number of methoxy groups -OCH3 is 3. The Morgan fingerprint density at radius 1 is 0.788 bits per heavy atom. The van der Waals surface area contributed by atoms with Gasteiger partial charge in [-0.2, -0.15) is 0 Å². The molecule has 0 fully saturated rings. The minimum absolute atomic E-state index is 0.141. The molecule has 8 nitrogen and oxygen atoms in total. The summed E-state index contributed by atoms with van der Waals surface area (Å²) in [6.07, 6.45) is 0. The van der Waals surface area contributed by atoms with E-state index in [9.17, 15) is 14.0 Å². The minimum Gasteiger partial charge on any atom is -0.493 e. The molecule has 0 radical (unpaired) electrons. The van der Waals surface area contributed by atoms with Gasteiger partial charge in [0.15, 0.2) is 11.5 Å². The lowest BCUT2D eigenvalue weighted by molar-refractivity contribution is 0.0843. The number of nitrogens with one attached hydrogen (secondary N) is 2. The number of amides is 2. The van der Waals surface area contributed by atoms with Crippen LogP contribution < -0.4 is 29.8 Å². The molecule has 0 aliphatic heterocycles. The lowest BCUT2D eigenvalue weighted by Gasteiger charge is -2.15. The molecular weight excluding hydrogens is 431 g/mol. The van der Waals surface area contributed by atoms with Gasteiger partial charge in [0.2, 0.25) is 5.75 Å². The van der Waals surface area contributed by atoms with E-state index in [1.54, 1.807) is 36.4 Å². The molecule has 9 heteroatoms. The maximum atomic E-state index is 13.1. The van der Waals surface area contributed by atoms with Crippen molar-refractivity contribution < 1.29 is 32.9 Å². The highest BCUT2D eigenvalue weighted by molar-refractivity contribution is 6.01. The Morgan fingerprint density at radius 3 is 2.00 bits per heavy atom. The predicted octanol–water partition coefficient (Wildman–Crippen LogP) is 3.51. The molecule has 3 rings (SSSR count). The van der Waals surface area contributed by atoms with Gasteiger partial charge in [-0.25, -0.2) is 4.39 Å². The second kappa shape index (κ2) is 10.9. The molecule has 33 heavy (non-hydrogen) atoms. The summed E-state index contributed by atoms with van der Waals surface area (Å²) in [5, 5.41) is 0. The fourth-order valence-corrected chi connectivity index (χ4v) is 2.99. The van der Waals surface area contributed by atoms with E-state index in [0.29, 0.717) is 23.0 Å². The summed E-state index contributed by atoms with van der Waals surface area (Å²) in [6, 6.07) is 15.3. The van der Waals surface area contributed by atoms with E-state index in [0.717, 1.165) is 5.56 Å². The molecule has 0 heterocycles. The van der Waals surface area contributed by atoms with Crippen molar-refractivity contribution in [3.63, 3.8) is 0 Å². The van der Waals surface area contributed by atoms with Crippen LogP contribution in [0.4, 0.5) is 4.39 Å². The molecule has 172 valence electrons. The Balaban J connectivity index is 1.68. The second-order valence-electron chi connectivity index (χ2n) is 6.73. The van der Waals surface area contributed by atoms with Gasteiger partial charge in [0.05, 0.1) is 26.9 Å². The van der Waals surface area contributed by atoms with Crippen molar-refractivity contribution in [1.82, 2.24) is 10.9 Å². The number of hydrogen-bond acceptors (Lipinski definition) is 6. The predicted molar refractivity (Wildman–Crippen MR) is 118 cm³/mol. The lowest BCUT2D eigenvalue weighted by atomic mass is 10.1. The van der Waals surface area contributed by atoms with Crippen LogP contribution in [0, 0.1) is 5.82 Å². The highest BCUT2D eigenvalue weighted by atomic mass is 19.1. The van der Waals surface area contributed by atoms with Crippen LogP contribution in [0.1, 0.15) is 26.3 Å². The van der Waals surface area contributed by atoms with Crippen LogP contribution in [-0.4, -0.2) is 33.1 Å². The Kier molecular flexibility index (Phi) is 7.69. The van der Waals surface area contributed by atoms with E-state index < -0.39 is 11.8 Å². The van der Waals surface area contributed by atoms with Crippen LogP contribution in [0.3, 0.4) is 0 Å². The topological polar surface area (TPSA) is 95.1 Å². The van der Waals surface area contributed by atoms with Gasteiger partial charge in [0, 0.05) is 5.56 Å². The number of halogens is 1. The highest BCUT2D eigenvalue weighted by Crippen LogP contribution is 2.38. The molecule has 0 atom stereocenters. The van der Waals surface area contributed by atoms with E-state index in [1.165, 1.54) is 45.6 Å². The van der Waals surface area contributed by atoms with Gasteiger partial charge in [-0.05, 0) is 42.0 Å². The molecule has 0 aliphatic rings. The summed E-state index contributed by atoms with van der Waals surface area (Å²) in [5.41, 5.74) is 5.86. The summed E-state index contributed by atoms with van der Waals surface area (Å²) in [7, 11) is 4.32. The van der Waals surface area contributed by atoms with Crippen LogP contribution in [0.25, 0.3) is 0 Å². The smallest absolute Gasteiger partial charge is 0.273 e. The zero-order valence-corrected chi connectivity index (χ0v) is 18.3. The van der Waals surface area contributed by atoms with Crippen molar-refractivity contribution in [2.24, 2.45) is 0 Å². The van der Waals surface area contributed by atoms with E-state index in [2.05, 4.69) is 10.9 Å². The third kappa shape index (κ3) is 5.70. The lowest BCUT2D eigenvalue weighted by Crippen LogP contribution is -2.41. The average Bonchev–Trinajstić information content (AvgIpc) is 2.85. The molecule has 0 aromatic heterocycles. The summed E-state index contributed by atoms with van der Waals surface area (Å²) >= 11 is 0. The van der Waals surface area contributed by atoms with Gasteiger partial charge >= 0.3 is 0 Å². The Hall–Kier alpha value is -4.27. The van der Waals surface area contributed by atoms with E-state index >= 15 is 0 Å². The van der Waals surface area contributed by atoms with E-state index in [-0.39, 0.29) is 23.6 Å². The van der Waals surface area contributed by atoms with Crippen molar-refractivity contribution in [2.75, 3.05) is 21.3 Å². The SMILES string of the molecule is COc1cc(C(=O)NNC(=O)c2ccccc2OCc2ccc(F)cc2)cc(OC)c1OC. The molecule has 0 saturated heterocycles. The number of carbonyl (C=O) groups excluding carboxylic acids is 2. The summed E-state index contributed by atoms with van der Waals surface area (Å²) < 4.78 is 34.5. The molecule has 3 aromatic carbocycles. The first-order valence-corrected chi connectivity index (χ1v) is 9.83. The third-order valence-corrected chi connectivity index (χ3v) is 4.66. The normalized spacial score (nSPS) is 10.2. The minimum atomic E-state index is -0.590. The standard InChI is InChI=1S/C24H23FN2O6/c1-30-20-12-16(13-21(31-2)22(20)32-3)23(28)26-27-24(29)18-6-4-5-7-19(18)33-14-15-8-10-17(25)11-9-15/h4-13H,14H2,1-3H3,(H,26,28)(H,27,29). The quantitative estimate of drug-likeness (QED) is 0.506. The number of benzene rings is 3. The van der Waals surface area contributed by atoms with Crippen molar-refractivity contribution in [3.05, 3.63) is 83.2 Å². The molecule has 0 unspecified atom stereocenters. The summed E-state index contributed by atoms with van der Waals surface area (Å²) in [6.45, 7) is 0.141. The van der Waals surface area contributed by atoms with Crippen molar-refractivity contribution in [1.29, 1.82) is 0 Å². The fraction of sp³-hybridized carbons (Fsp3) is 0.167. The van der Waals surface area contributed by atoms with Crippen LogP contribution in [0.15, 0.2) is 60.7 Å². The third-order valence-electron chi connectivity index (χ3n) is 4.66. The molecule has 0 saturated carbocycles. The number of para-hydroxylation sites is 1. The second-order valence-corrected chi connectivity index (χ2v) is 6.73. The number of hydrazine groups is 1. The maximum absolute atomic E-state index is 13.1. The first kappa shape index (κ1) is 23.4. The van der Waals surface area contributed by atoms with Crippen LogP contribution in [0.2, 0.25) is 0 Å². The average molecular weight is 454 g/mol. The molecule has 2 amide bonds. The van der Waals surface area contributed by atoms with E-state index in [1.807, 2.05) is 0 Å². The largest absolute Gasteiger partial charge is 0.493 e. The Morgan fingerprint density at radius 2 is 1.39 bits per heavy atom. The molecule has 3 aromatic rings. The molecule has 0 aliphatic carbocycles. The Bertz CT molecular complexity index is 1110. The van der Waals surface area contributed by atoms with Crippen LogP contribution >= 0.6 is 0 Å². The number of ether oxygens (including phenoxy) is 4. The molecular formula is C24H23FN2O6. The highest BCUT2D eigenvalue weighted by Gasteiger charge is 2.18. The van der Waals surface area contributed by atoms with Crippen LogP contribution in [-0.2, 0) is 6.61 Å². The number of rotatable bonds is 8. The van der Waals surface area contributed by atoms with E-state index in [4.69, 9.17) is 18.9 Å². The first-order chi connectivity index (χ1) is 16.0. The molecule has 0 bridgehead atoms. The van der Waals surface area contributed by atoms with Crippen LogP contribution in [0.5, 0.6) is 23.0 Å². The van der Waals surface area contributed by atoms with Gasteiger partial charge < -0.3 is 18.9 Å². The first-order valence-electron chi connectivity index (χ1n) is 9.83. The van der Waals surface area contributed by atoms with Crippen molar-refractivity contribution >= 4 is 11.8 Å². The molecule has 2 N–H and O–H groups in total. The number of carbonyl (C=O) groups is 2. The van der Waals surface area contributed by atoms with Gasteiger partial charge in [0.25, 0.3) is 11.8 Å². The maximum Gasteiger partial charge on any atom is 0.273 e. The van der Waals surface area contributed by atoms with Gasteiger partial charge in [0.1, 0.15) is 18.2 Å². The number of hydrogen-bond donors (Lipinski definition) is 2. The monoisotopic (exact) mass is 454 g/mol. The van der Waals surface area contributed by atoms with Gasteiger partial charge in [-0.1, -0.05) is 24.3 Å². The summed E-state index contributed by atoms with van der Waals surface area (Å²) in [5.74, 6) is -0.269. The van der Waals surface area contributed by atoms with Gasteiger partial charge in [-0.15, -0.1) is 0 Å². The van der Waals surface area contributed by atoms with Crippen molar-refractivity contribution in [2.45, 2.75) is 6.61 Å². The molecule has 0 spiro atoms.